The van der Waals surface area contributed by atoms with Gasteiger partial charge in [0.05, 0.1) is 0 Å². The Kier molecular flexibility index (Phi) is 3.65. The van der Waals surface area contributed by atoms with Gasteiger partial charge in [-0.2, -0.15) is 4.57 Å². The molecule has 2 aromatic carbocycles. The van der Waals surface area contributed by atoms with Crippen molar-refractivity contribution in [2.45, 2.75) is 13.5 Å². The summed E-state index contributed by atoms with van der Waals surface area (Å²) in [5.41, 5.74) is 1.89. The van der Waals surface area contributed by atoms with Crippen molar-refractivity contribution in [2.24, 2.45) is 0 Å². The second kappa shape index (κ2) is 5.75. The molecule has 1 aromatic heterocycles. The summed E-state index contributed by atoms with van der Waals surface area (Å²) < 4.78 is 1.93. The lowest BCUT2D eigenvalue weighted by Gasteiger charge is -2.05. The molecule has 3 rings (SSSR count). The van der Waals surface area contributed by atoms with E-state index in [9.17, 15) is 4.79 Å². The van der Waals surface area contributed by atoms with Crippen molar-refractivity contribution in [3.8, 4) is 0 Å². The number of hydrogen-bond donors (Lipinski definition) is 1. The molecule has 0 radical (unpaired) electrons. The van der Waals surface area contributed by atoms with Crippen molar-refractivity contribution in [1.82, 2.24) is 0 Å². The number of amides is 1. The zero-order chi connectivity index (χ0) is 14.7. The van der Waals surface area contributed by atoms with Crippen LogP contribution in [-0.2, 0) is 11.3 Å². The van der Waals surface area contributed by atoms with E-state index in [2.05, 4.69) is 11.4 Å². The number of rotatable bonds is 3. The van der Waals surface area contributed by atoms with E-state index in [0.717, 1.165) is 16.8 Å². The van der Waals surface area contributed by atoms with Gasteiger partial charge in [0, 0.05) is 24.7 Å². The fourth-order valence-electron chi connectivity index (χ4n) is 2.36. The molecular formula is C18H17N2O+. The van der Waals surface area contributed by atoms with Crippen LogP contribution in [0.15, 0.2) is 66.9 Å². The monoisotopic (exact) mass is 277 g/mol. The van der Waals surface area contributed by atoms with Crippen LogP contribution in [0.4, 0.5) is 5.69 Å². The van der Waals surface area contributed by atoms with Gasteiger partial charge in [0.2, 0.25) is 6.54 Å². The Hall–Kier alpha value is -2.68. The Morgan fingerprint density at radius 1 is 1.00 bits per heavy atom. The third-order valence-corrected chi connectivity index (χ3v) is 3.51. The highest BCUT2D eigenvalue weighted by Crippen LogP contribution is 2.18. The van der Waals surface area contributed by atoms with Gasteiger partial charge >= 0.3 is 0 Å². The molecule has 3 heteroatoms. The number of pyridine rings is 1. The molecule has 0 aliphatic carbocycles. The number of hydrogen-bond acceptors (Lipinski definition) is 1. The van der Waals surface area contributed by atoms with Crippen LogP contribution in [-0.4, -0.2) is 5.91 Å². The number of fused-ring (bicyclic) bond motifs is 1. The van der Waals surface area contributed by atoms with Gasteiger partial charge in [-0.3, -0.25) is 4.79 Å². The van der Waals surface area contributed by atoms with Gasteiger partial charge in [-0.05, 0) is 22.9 Å². The summed E-state index contributed by atoms with van der Waals surface area (Å²) in [7, 11) is 0. The van der Waals surface area contributed by atoms with Crippen molar-refractivity contribution >= 4 is 22.4 Å². The van der Waals surface area contributed by atoms with Crippen LogP contribution in [0.25, 0.3) is 10.8 Å². The zero-order valence-corrected chi connectivity index (χ0v) is 11.9. The van der Waals surface area contributed by atoms with Crippen LogP contribution in [0.2, 0.25) is 0 Å². The summed E-state index contributed by atoms with van der Waals surface area (Å²) in [5, 5.41) is 5.24. The molecule has 0 spiro atoms. The molecule has 0 saturated heterocycles. The van der Waals surface area contributed by atoms with Gasteiger partial charge in [-0.25, -0.2) is 0 Å². The molecule has 1 amide bonds. The lowest BCUT2D eigenvalue weighted by atomic mass is 10.1. The fourth-order valence-corrected chi connectivity index (χ4v) is 2.36. The standard InChI is InChI=1S/C18H16N2O/c1-14-6-4-5-11-20(14)13-18(21)19-17-10-9-15-7-2-3-8-16(15)12-17/h2-12H,13H2,1H3/p+1. The summed E-state index contributed by atoms with van der Waals surface area (Å²) in [5.74, 6) is -0.0235. The highest BCUT2D eigenvalue weighted by atomic mass is 16.1. The molecule has 0 fully saturated rings. The molecule has 3 aromatic rings. The highest BCUT2D eigenvalue weighted by molar-refractivity contribution is 5.93. The van der Waals surface area contributed by atoms with E-state index in [-0.39, 0.29) is 5.91 Å². The topological polar surface area (TPSA) is 33.0 Å². The Bertz CT molecular complexity index is 796. The summed E-state index contributed by atoms with van der Waals surface area (Å²) in [6.07, 6.45) is 1.91. The van der Waals surface area contributed by atoms with E-state index in [1.165, 1.54) is 5.39 Å². The first-order valence-electron chi connectivity index (χ1n) is 6.96. The molecule has 0 saturated carbocycles. The molecule has 0 bridgehead atoms. The molecule has 21 heavy (non-hydrogen) atoms. The zero-order valence-electron chi connectivity index (χ0n) is 11.9. The van der Waals surface area contributed by atoms with E-state index in [4.69, 9.17) is 0 Å². The van der Waals surface area contributed by atoms with Crippen LogP contribution in [0, 0.1) is 6.92 Å². The number of carbonyl (C=O) groups excluding carboxylic acids is 1. The molecule has 3 nitrogen and oxygen atoms in total. The average molecular weight is 277 g/mol. The summed E-state index contributed by atoms with van der Waals surface area (Å²) >= 11 is 0. The van der Waals surface area contributed by atoms with Crippen molar-refractivity contribution in [3.63, 3.8) is 0 Å². The number of carbonyl (C=O) groups is 1. The Morgan fingerprint density at radius 2 is 1.76 bits per heavy atom. The number of benzene rings is 2. The number of nitrogens with zero attached hydrogens (tertiary/aromatic N) is 1. The maximum Gasteiger partial charge on any atom is 0.290 e. The first kappa shape index (κ1) is 13.3. The van der Waals surface area contributed by atoms with E-state index < -0.39 is 0 Å². The van der Waals surface area contributed by atoms with Crippen LogP contribution in [0.3, 0.4) is 0 Å². The van der Waals surface area contributed by atoms with Gasteiger partial charge in [-0.1, -0.05) is 36.4 Å². The predicted molar refractivity (Wildman–Crippen MR) is 84.0 cm³/mol. The molecule has 0 aliphatic heterocycles. The van der Waals surface area contributed by atoms with E-state index in [0.29, 0.717) is 6.54 Å². The van der Waals surface area contributed by atoms with Crippen molar-refractivity contribution in [1.29, 1.82) is 0 Å². The van der Waals surface area contributed by atoms with Gasteiger partial charge in [0.25, 0.3) is 5.91 Å². The fraction of sp³-hybridized carbons (Fsp3) is 0.111. The number of aromatic nitrogens is 1. The Labute approximate surface area is 123 Å². The second-order valence-corrected chi connectivity index (χ2v) is 5.08. The molecule has 1 N–H and O–H groups in total. The maximum absolute atomic E-state index is 12.1. The van der Waals surface area contributed by atoms with E-state index in [1.54, 1.807) is 0 Å². The third-order valence-electron chi connectivity index (χ3n) is 3.51. The van der Waals surface area contributed by atoms with E-state index in [1.807, 2.05) is 72.3 Å². The molecule has 1 heterocycles. The minimum Gasteiger partial charge on any atom is -0.321 e. The molecule has 0 aliphatic rings. The Balaban J connectivity index is 1.75. The third kappa shape index (κ3) is 3.08. The van der Waals surface area contributed by atoms with Gasteiger partial charge < -0.3 is 5.32 Å². The van der Waals surface area contributed by atoms with Gasteiger partial charge in [-0.15, -0.1) is 0 Å². The summed E-state index contributed by atoms with van der Waals surface area (Å²) in [4.78, 5) is 12.1. The molecule has 104 valence electrons. The summed E-state index contributed by atoms with van der Waals surface area (Å²) in [6, 6.07) is 19.9. The van der Waals surface area contributed by atoms with Crippen LogP contribution in [0.1, 0.15) is 5.69 Å². The number of aryl methyl sites for hydroxylation is 1. The number of anilines is 1. The van der Waals surface area contributed by atoms with Crippen molar-refractivity contribution in [2.75, 3.05) is 5.32 Å². The average Bonchev–Trinajstić information content (AvgIpc) is 2.49. The van der Waals surface area contributed by atoms with Crippen LogP contribution >= 0.6 is 0 Å². The largest absolute Gasteiger partial charge is 0.321 e. The highest BCUT2D eigenvalue weighted by Gasteiger charge is 2.11. The minimum atomic E-state index is -0.0235. The normalized spacial score (nSPS) is 10.5. The maximum atomic E-state index is 12.1. The second-order valence-electron chi connectivity index (χ2n) is 5.08. The van der Waals surface area contributed by atoms with Crippen LogP contribution < -0.4 is 9.88 Å². The quantitative estimate of drug-likeness (QED) is 0.733. The van der Waals surface area contributed by atoms with Crippen molar-refractivity contribution < 1.29 is 9.36 Å². The first-order valence-corrected chi connectivity index (χ1v) is 6.96. The van der Waals surface area contributed by atoms with Gasteiger partial charge in [0.1, 0.15) is 0 Å². The lowest BCUT2D eigenvalue weighted by molar-refractivity contribution is -0.690. The van der Waals surface area contributed by atoms with Crippen molar-refractivity contribution in [3.05, 3.63) is 72.6 Å². The van der Waals surface area contributed by atoms with Crippen LogP contribution in [0.5, 0.6) is 0 Å². The number of nitrogens with one attached hydrogen (secondary N) is 1. The molecule has 0 atom stereocenters. The van der Waals surface area contributed by atoms with E-state index >= 15 is 0 Å². The summed E-state index contributed by atoms with van der Waals surface area (Å²) in [6.45, 7) is 2.31. The Morgan fingerprint density at radius 3 is 2.57 bits per heavy atom. The first-order chi connectivity index (χ1) is 10.2. The van der Waals surface area contributed by atoms with Gasteiger partial charge in [0.15, 0.2) is 11.9 Å². The minimum absolute atomic E-state index is 0.0235. The lowest BCUT2D eigenvalue weighted by Crippen LogP contribution is -2.42. The SMILES string of the molecule is Cc1cccc[n+]1CC(=O)Nc1ccc2ccccc2c1. The molecular weight excluding hydrogens is 260 g/mol. The predicted octanol–water partition coefficient (Wildman–Crippen LogP) is 3.07. The molecule has 0 unspecified atom stereocenters. The smallest absolute Gasteiger partial charge is 0.290 e.